The molecule has 0 aliphatic carbocycles. The van der Waals surface area contributed by atoms with Crippen LogP contribution in [0.25, 0.3) is 16.8 Å². The fraction of sp³-hybridized carbons (Fsp3) is 0.167. The first-order valence-electron chi connectivity index (χ1n) is 9.82. The Balaban J connectivity index is 1.83. The highest BCUT2D eigenvalue weighted by Gasteiger charge is 2.16. The van der Waals surface area contributed by atoms with Crippen molar-refractivity contribution in [3.05, 3.63) is 83.6 Å². The molecule has 31 heavy (non-hydrogen) atoms. The number of rotatable bonds is 6. The van der Waals surface area contributed by atoms with E-state index in [4.69, 9.17) is 16.4 Å². The molecule has 0 spiro atoms. The molecule has 1 aromatic heterocycles. The quantitative estimate of drug-likeness (QED) is 0.316. The van der Waals surface area contributed by atoms with Gasteiger partial charge in [0.1, 0.15) is 12.4 Å². The summed E-state index contributed by atoms with van der Waals surface area (Å²) in [4.78, 5) is 16.5. The standard InChI is InChI=1S/C24H27N5O2/c1-15(2)20-8-6-9-21(27-20)18-11-12-23(17(4)13-18)31-14-19-16(3)7-5-10-22(19)29(26)24(30)28-25/h5-13H,1,14,25-26H2,2-4H3,(H,28,30). The zero-order valence-corrected chi connectivity index (χ0v) is 18.0. The minimum atomic E-state index is -0.614. The Bertz CT molecular complexity index is 1130. The van der Waals surface area contributed by atoms with E-state index >= 15 is 0 Å². The Morgan fingerprint density at radius 3 is 2.55 bits per heavy atom. The molecule has 0 radical (unpaired) electrons. The second kappa shape index (κ2) is 9.42. The molecule has 0 aliphatic rings. The normalized spacial score (nSPS) is 10.5. The van der Waals surface area contributed by atoms with E-state index in [9.17, 15) is 4.79 Å². The van der Waals surface area contributed by atoms with Gasteiger partial charge in [0.25, 0.3) is 0 Å². The van der Waals surface area contributed by atoms with E-state index in [1.165, 1.54) is 0 Å². The second-order valence-corrected chi connectivity index (χ2v) is 7.35. The van der Waals surface area contributed by atoms with Crippen molar-refractivity contribution < 1.29 is 9.53 Å². The maximum atomic E-state index is 11.9. The first-order chi connectivity index (χ1) is 14.8. The molecule has 0 saturated heterocycles. The molecule has 7 heteroatoms. The van der Waals surface area contributed by atoms with Crippen molar-refractivity contribution in [2.45, 2.75) is 27.4 Å². The fourth-order valence-electron chi connectivity index (χ4n) is 3.23. The third-order valence-electron chi connectivity index (χ3n) is 5.02. The zero-order chi connectivity index (χ0) is 22.5. The monoisotopic (exact) mass is 417 g/mol. The van der Waals surface area contributed by atoms with Gasteiger partial charge in [0.15, 0.2) is 0 Å². The van der Waals surface area contributed by atoms with Gasteiger partial charge in [0.2, 0.25) is 0 Å². The molecule has 0 aliphatic heterocycles. The molecule has 3 aromatic rings. The lowest BCUT2D eigenvalue weighted by Gasteiger charge is -2.21. The largest absolute Gasteiger partial charge is 0.489 e. The van der Waals surface area contributed by atoms with Crippen LogP contribution < -0.4 is 26.9 Å². The van der Waals surface area contributed by atoms with Crippen LogP contribution in [-0.2, 0) is 6.61 Å². The predicted octanol–water partition coefficient (Wildman–Crippen LogP) is 4.24. The van der Waals surface area contributed by atoms with Crippen LogP contribution in [0, 0.1) is 13.8 Å². The smallest absolute Gasteiger partial charge is 0.350 e. The van der Waals surface area contributed by atoms with Crippen LogP contribution in [0.4, 0.5) is 10.5 Å². The molecule has 0 saturated carbocycles. The number of hydrazine groups is 2. The number of carbonyl (C=O) groups is 1. The zero-order valence-electron chi connectivity index (χ0n) is 18.0. The summed E-state index contributed by atoms with van der Waals surface area (Å²) in [6, 6.07) is 16.7. The lowest BCUT2D eigenvalue weighted by atomic mass is 10.1. The topological polar surface area (TPSA) is 106 Å². The number of hydrogen-bond acceptors (Lipinski definition) is 5. The van der Waals surface area contributed by atoms with Crippen LogP contribution >= 0.6 is 0 Å². The van der Waals surface area contributed by atoms with E-state index in [2.05, 4.69) is 11.6 Å². The van der Waals surface area contributed by atoms with Gasteiger partial charge in [-0.15, -0.1) is 0 Å². The summed E-state index contributed by atoms with van der Waals surface area (Å²) >= 11 is 0. The third-order valence-corrected chi connectivity index (χ3v) is 5.02. The van der Waals surface area contributed by atoms with Gasteiger partial charge in [-0.1, -0.05) is 24.8 Å². The van der Waals surface area contributed by atoms with Gasteiger partial charge in [-0.05, 0) is 73.9 Å². The number of pyridine rings is 1. The van der Waals surface area contributed by atoms with Gasteiger partial charge in [-0.25, -0.2) is 26.5 Å². The van der Waals surface area contributed by atoms with Crippen molar-refractivity contribution in [3.8, 4) is 17.0 Å². The second-order valence-electron chi connectivity index (χ2n) is 7.35. The number of aryl methyl sites for hydroxylation is 2. The number of nitrogens with two attached hydrogens (primary N) is 2. The van der Waals surface area contributed by atoms with Crippen LogP contribution in [0.5, 0.6) is 5.75 Å². The average Bonchev–Trinajstić information content (AvgIpc) is 2.77. The molecule has 2 aromatic carbocycles. The molecule has 5 N–H and O–H groups in total. The van der Waals surface area contributed by atoms with E-state index in [0.717, 1.165) is 50.0 Å². The minimum absolute atomic E-state index is 0.247. The van der Waals surface area contributed by atoms with E-state index in [-0.39, 0.29) is 6.61 Å². The molecular formula is C24H27N5O2. The Morgan fingerprint density at radius 1 is 1.13 bits per heavy atom. The maximum absolute atomic E-state index is 11.9. The number of benzene rings is 2. The molecule has 0 bridgehead atoms. The number of aromatic nitrogens is 1. The van der Waals surface area contributed by atoms with Gasteiger partial charge >= 0.3 is 6.03 Å². The van der Waals surface area contributed by atoms with E-state index in [0.29, 0.717) is 5.69 Å². The average molecular weight is 418 g/mol. The molecule has 3 rings (SSSR count). The highest BCUT2D eigenvalue weighted by Crippen LogP contribution is 2.29. The summed E-state index contributed by atoms with van der Waals surface area (Å²) in [6.45, 7) is 10.1. The molecule has 7 nitrogen and oxygen atoms in total. The van der Waals surface area contributed by atoms with Crippen molar-refractivity contribution in [1.82, 2.24) is 10.4 Å². The first kappa shape index (κ1) is 22.0. The molecule has 0 fully saturated rings. The van der Waals surface area contributed by atoms with Gasteiger partial charge < -0.3 is 4.74 Å². The fourth-order valence-corrected chi connectivity index (χ4v) is 3.23. The number of allylic oxidation sites excluding steroid dienone is 1. The first-order valence-corrected chi connectivity index (χ1v) is 9.82. The lowest BCUT2D eigenvalue weighted by Crippen LogP contribution is -2.48. The number of anilines is 1. The predicted molar refractivity (Wildman–Crippen MR) is 124 cm³/mol. The number of nitrogens with zero attached hydrogens (tertiary/aromatic N) is 2. The molecule has 1 heterocycles. The summed E-state index contributed by atoms with van der Waals surface area (Å²) in [5, 5.41) is 0.974. The minimum Gasteiger partial charge on any atom is -0.489 e. The van der Waals surface area contributed by atoms with Crippen LogP contribution in [-0.4, -0.2) is 11.0 Å². The van der Waals surface area contributed by atoms with Crippen LogP contribution in [0.15, 0.2) is 61.2 Å². The van der Waals surface area contributed by atoms with Crippen molar-refractivity contribution in [3.63, 3.8) is 0 Å². The van der Waals surface area contributed by atoms with Gasteiger partial charge in [0.05, 0.1) is 17.1 Å². The summed E-state index contributed by atoms with van der Waals surface area (Å²) in [6.07, 6.45) is 0. The Hall–Kier alpha value is -3.68. The number of ether oxygens (including phenoxy) is 1. The SMILES string of the molecule is C=C(C)c1cccc(-c2ccc(OCc3c(C)cccc3N(N)C(=O)NN)c(C)c2)n1. The van der Waals surface area contributed by atoms with Gasteiger partial charge in [-0.3, -0.25) is 5.43 Å². The maximum Gasteiger partial charge on any atom is 0.350 e. The molecule has 160 valence electrons. The third kappa shape index (κ3) is 4.91. The lowest BCUT2D eigenvalue weighted by molar-refractivity contribution is 0.246. The highest BCUT2D eigenvalue weighted by molar-refractivity contribution is 5.91. The summed E-state index contributed by atoms with van der Waals surface area (Å²) in [7, 11) is 0. The molecule has 2 amide bonds. The van der Waals surface area contributed by atoms with Crippen molar-refractivity contribution in [2.75, 3.05) is 5.01 Å². The Kier molecular flexibility index (Phi) is 6.69. The number of amides is 2. The van der Waals surface area contributed by atoms with Gasteiger partial charge in [0, 0.05) is 11.1 Å². The van der Waals surface area contributed by atoms with Gasteiger partial charge in [-0.2, -0.15) is 0 Å². The Labute approximate surface area is 182 Å². The van der Waals surface area contributed by atoms with Crippen molar-refractivity contribution >= 4 is 17.3 Å². The van der Waals surface area contributed by atoms with E-state index < -0.39 is 6.03 Å². The van der Waals surface area contributed by atoms with Crippen molar-refractivity contribution in [2.24, 2.45) is 11.7 Å². The summed E-state index contributed by atoms with van der Waals surface area (Å²) in [5.41, 5.74) is 8.95. The highest BCUT2D eigenvalue weighted by atomic mass is 16.5. The molecule has 0 unspecified atom stereocenters. The van der Waals surface area contributed by atoms with Crippen LogP contribution in [0.2, 0.25) is 0 Å². The molecule has 0 atom stereocenters. The summed E-state index contributed by atoms with van der Waals surface area (Å²) in [5.74, 6) is 11.9. The molecular weight excluding hydrogens is 390 g/mol. The van der Waals surface area contributed by atoms with Crippen LogP contribution in [0.1, 0.15) is 29.3 Å². The van der Waals surface area contributed by atoms with Crippen molar-refractivity contribution in [1.29, 1.82) is 0 Å². The number of carbonyl (C=O) groups excluding carboxylic acids is 1. The van der Waals surface area contributed by atoms with E-state index in [1.807, 2.05) is 74.7 Å². The summed E-state index contributed by atoms with van der Waals surface area (Å²) < 4.78 is 6.08. The number of urea groups is 1. The van der Waals surface area contributed by atoms with Crippen LogP contribution in [0.3, 0.4) is 0 Å². The van der Waals surface area contributed by atoms with E-state index in [1.54, 1.807) is 6.07 Å². The number of nitrogens with one attached hydrogen (secondary N) is 1. The Morgan fingerprint density at radius 2 is 1.87 bits per heavy atom. The number of hydrogen-bond donors (Lipinski definition) is 3.